The second kappa shape index (κ2) is 8.81. The lowest BCUT2D eigenvalue weighted by molar-refractivity contribution is -0.115. The van der Waals surface area contributed by atoms with E-state index in [0.29, 0.717) is 11.1 Å². The molecule has 0 spiro atoms. The minimum Gasteiger partial charge on any atom is -0.325 e. The van der Waals surface area contributed by atoms with Crippen molar-refractivity contribution < 1.29 is 4.79 Å². The number of anilines is 1. The molecule has 0 aliphatic rings. The number of hydrogen-bond acceptors (Lipinski definition) is 5. The number of nitrogens with zero attached hydrogens (tertiary/aromatic N) is 4. The summed E-state index contributed by atoms with van der Waals surface area (Å²) in [4.78, 5) is 12.7. The molecule has 0 aliphatic heterocycles. The van der Waals surface area contributed by atoms with Gasteiger partial charge >= 0.3 is 0 Å². The van der Waals surface area contributed by atoms with Crippen molar-refractivity contribution in [2.45, 2.75) is 43.5 Å². The highest BCUT2D eigenvalue weighted by molar-refractivity contribution is 8.00. The first-order chi connectivity index (χ1) is 13.1. The summed E-state index contributed by atoms with van der Waals surface area (Å²) in [6.07, 6.45) is 1.02. The van der Waals surface area contributed by atoms with Crippen molar-refractivity contribution in [3.63, 3.8) is 0 Å². The molecule has 1 N–H and O–H groups in total. The van der Waals surface area contributed by atoms with Gasteiger partial charge in [-0.05, 0) is 53.5 Å². The van der Waals surface area contributed by atoms with Crippen molar-refractivity contribution >= 4 is 23.4 Å². The summed E-state index contributed by atoms with van der Waals surface area (Å²) in [5.74, 6) is 0.313. The van der Waals surface area contributed by atoms with E-state index in [1.807, 2.05) is 55.5 Å². The summed E-state index contributed by atoms with van der Waals surface area (Å²) in [6, 6.07) is 17.6. The maximum atomic E-state index is 12.7. The molecule has 27 heavy (non-hydrogen) atoms. The second-order valence-electron chi connectivity index (χ2n) is 6.35. The van der Waals surface area contributed by atoms with Crippen LogP contribution in [0.15, 0.2) is 59.8 Å². The van der Waals surface area contributed by atoms with Gasteiger partial charge in [0.25, 0.3) is 0 Å². The summed E-state index contributed by atoms with van der Waals surface area (Å²) in [7, 11) is 0. The van der Waals surface area contributed by atoms with Crippen molar-refractivity contribution in [3.05, 3.63) is 60.2 Å². The van der Waals surface area contributed by atoms with Gasteiger partial charge in [-0.1, -0.05) is 62.0 Å². The average Bonchev–Trinajstić information content (AvgIpc) is 3.16. The number of thioether (sulfide) groups is 1. The molecule has 1 aromatic heterocycles. The van der Waals surface area contributed by atoms with Gasteiger partial charge in [-0.25, -0.2) is 0 Å². The molecular weight excluding hydrogens is 358 g/mol. The zero-order valence-electron chi connectivity index (χ0n) is 15.7. The van der Waals surface area contributed by atoms with E-state index < -0.39 is 0 Å². The lowest BCUT2D eigenvalue weighted by Gasteiger charge is -2.17. The monoisotopic (exact) mass is 381 g/mol. The second-order valence-corrected chi connectivity index (χ2v) is 7.66. The summed E-state index contributed by atoms with van der Waals surface area (Å²) in [5, 5.41) is 15.2. The Morgan fingerprint density at radius 2 is 1.81 bits per heavy atom. The minimum absolute atomic E-state index is 0.0710. The van der Waals surface area contributed by atoms with Crippen LogP contribution in [0.25, 0.3) is 5.69 Å². The molecule has 0 fully saturated rings. The largest absolute Gasteiger partial charge is 0.325 e. The Labute approximate surface area is 163 Å². The van der Waals surface area contributed by atoms with E-state index in [2.05, 4.69) is 40.8 Å². The van der Waals surface area contributed by atoms with Crippen LogP contribution < -0.4 is 5.32 Å². The molecular formula is C20H23N5OS. The lowest BCUT2D eigenvalue weighted by Crippen LogP contribution is -2.23. The first-order valence-electron chi connectivity index (χ1n) is 9.00. The molecule has 2 aromatic carbocycles. The molecule has 0 bridgehead atoms. The smallest absolute Gasteiger partial charge is 0.237 e. The first kappa shape index (κ1) is 19.1. The van der Waals surface area contributed by atoms with E-state index in [-0.39, 0.29) is 11.2 Å². The van der Waals surface area contributed by atoms with Crippen LogP contribution in [0.4, 0.5) is 5.69 Å². The Morgan fingerprint density at radius 3 is 2.56 bits per heavy atom. The van der Waals surface area contributed by atoms with E-state index in [1.54, 1.807) is 4.68 Å². The van der Waals surface area contributed by atoms with Crippen LogP contribution in [0, 0.1) is 0 Å². The van der Waals surface area contributed by atoms with Crippen molar-refractivity contribution in [2.24, 2.45) is 0 Å². The third-order valence-electron chi connectivity index (χ3n) is 4.46. The highest BCUT2D eigenvalue weighted by Gasteiger charge is 2.20. The predicted octanol–water partition coefficient (Wildman–Crippen LogP) is 4.30. The van der Waals surface area contributed by atoms with Crippen LogP contribution in [-0.2, 0) is 4.79 Å². The van der Waals surface area contributed by atoms with E-state index in [9.17, 15) is 4.79 Å². The zero-order valence-corrected chi connectivity index (χ0v) is 16.5. The number of aromatic nitrogens is 4. The number of hydrogen-bond donors (Lipinski definition) is 1. The maximum Gasteiger partial charge on any atom is 0.237 e. The molecule has 1 heterocycles. The van der Waals surface area contributed by atoms with E-state index >= 15 is 0 Å². The number of rotatable bonds is 7. The van der Waals surface area contributed by atoms with Gasteiger partial charge in [0.1, 0.15) is 0 Å². The molecule has 0 unspecified atom stereocenters. The Morgan fingerprint density at radius 1 is 1.11 bits per heavy atom. The van der Waals surface area contributed by atoms with Crippen LogP contribution >= 0.6 is 11.8 Å². The fourth-order valence-corrected chi connectivity index (χ4v) is 3.50. The van der Waals surface area contributed by atoms with Crippen molar-refractivity contribution in [1.29, 1.82) is 0 Å². The summed E-state index contributed by atoms with van der Waals surface area (Å²) in [6.45, 7) is 6.16. The van der Waals surface area contributed by atoms with Crippen LogP contribution in [0.3, 0.4) is 0 Å². The maximum absolute atomic E-state index is 12.7. The number of carbonyl (C=O) groups excluding carboxylic acids is 1. The molecule has 6 nitrogen and oxygen atoms in total. The third kappa shape index (κ3) is 4.54. The first-order valence-corrected chi connectivity index (χ1v) is 9.88. The highest BCUT2D eigenvalue weighted by atomic mass is 32.2. The predicted molar refractivity (Wildman–Crippen MR) is 108 cm³/mol. The Hall–Kier alpha value is -2.67. The van der Waals surface area contributed by atoms with Crippen molar-refractivity contribution in [2.75, 3.05) is 5.32 Å². The molecule has 140 valence electrons. The molecule has 2 atom stereocenters. The van der Waals surface area contributed by atoms with Gasteiger partial charge in [0.2, 0.25) is 11.1 Å². The molecule has 7 heteroatoms. The van der Waals surface area contributed by atoms with Gasteiger partial charge < -0.3 is 5.32 Å². The standard InChI is InChI=1S/C20H23N5OS/c1-4-14(2)17-12-8-9-13-18(17)21-19(26)15(3)27-20-22-23-24-25(20)16-10-6-5-7-11-16/h5-15H,4H2,1-3H3,(H,21,26)/t14-,15+/m0/s1. The third-order valence-corrected chi connectivity index (χ3v) is 5.49. The number of carbonyl (C=O) groups is 1. The van der Waals surface area contributed by atoms with Crippen molar-refractivity contribution in [3.8, 4) is 5.69 Å². The normalized spacial score (nSPS) is 13.1. The minimum atomic E-state index is -0.344. The topological polar surface area (TPSA) is 72.7 Å². The van der Waals surface area contributed by atoms with Gasteiger partial charge in [-0.15, -0.1) is 5.10 Å². The molecule has 0 aliphatic carbocycles. The van der Waals surface area contributed by atoms with Crippen LogP contribution in [-0.4, -0.2) is 31.4 Å². The highest BCUT2D eigenvalue weighted by Crippen LogP contribution is 2.28. The molecule has 0 saturated carbocycles. The quantitative estimate of drug-likeness (QED) is 0.618. The van der Waals surface area contributed by atoms with Crippen LogP contribution in [0.5, 0.6) is 0 Å². The van der Waals surface area contributed by atoms with Gasteiger partial charge in [-0.3, -0.25) is 4.79 Å². The van der Waals surface area contributed by atoms with Gasteiger partial charge in [-0.2, -0.15) is 4.68 Å². The number of tetrazole rings is 1. The van der Waals surface area contributed by atoms with Gasteiger partial charge in [0.15, 0.2) is 0 Å². The number of nitrogens with one attached hydrogen (secondary N) is 1. The Kier molecular flexibility index (Phi) is 6.24. The van der Waals surface area contributed by atoms with E-state index in [1.165, 1.54) is 11.8 Å². The van der Waals surface area contributed by atoms with Gasteiger partial charge in [0, 0.05) is 5.69 Å². The van der Waals surface area contributed by atoms with Crippen LogP contribution in [0.2, 0.25) is 0 Å². The average molecular weight is 382 g/mol. The fourth-order valence-electron chi connectivity index (χ4n) is 2.69. The summed E-state index contributed by atoms with van der Waals surface area (Å²) < 4.78 is 1.64. The van der Waals surface area contributed by atoms with Gasteiger partial charge in [0.05, 0.1) is 10.9 Å². The molecule has 1 amide bonds. The van der Waals surface area contributed by atoms with Crippen LogP contribution in [0.1, 0.15) is 38.7 Å². The summed E-state index contributed by atoms with van der Waals surface area (Å²) >= 11 is 1.33. The number of amides is 1. The van der Waals surface area contributed by atoms with E-state index in [4.69, 9.17) is 0 Å². The lowest BCUT2D eigenvalue weighted by atomic mass is 9.97. The molecule has 0 radical (unpaired) electrons. The molecule has 3 rings (SSSR count). The number of benzene rings is 2. The summed E-state index contributed by atoms with van der Waals surface area (Å²) in [5.41, 5.74) is 2.88. The SMILES string of the molecule is CC[C@H](C)c1ccccc1NC(=O)[C@@H](C)Sc1nnnn1-c1ccccc1. The number of para-hydroxylation sites is 2. The fraction of sp³-hybridized carbons (Fsp3) is 0.300. The van der Waals surface area contributed by atoms with Crippen molar-refractivity contribution in [1.82, 2.24) is 20.2 Å². The molecule has 3 aromatic rings. The Bertz CT molecular complexity index is 896. The Balaban J connectivity index is 1.72. The molecule has 0 saturated heterocycles. The van der Waals surface area contributed by atoms with E-state index in [0.717, 1.165) is 23.4 Å². The zero-order chi connectivity index (χ0) is 19.2.